The van der Waals surface area contributed by atoms with E-state index >= 15 is 0 Å². The summed E-state index contributed by atoms with van der Waals surface area (Å²) in [7, 11) is 1.29. The van der Waals surface area contributed by atoms with Crippen molar-refractivity contribution in [3.8, 4) is 5.75 Å². The summed E-state index contributed by atoms with van der Waals surface area (Å²) in [5.74, 6) is 0.0133. The van der Waals surface area contributed by atoms with E-state index in [-0.39, 0.29) is 16.3 Å². The van der Waals surface area contributed by atoms with Crippen molar-refractivity contribution in [3.05, 3.63) is 28.3 Å². The first-order valence-electron chi connectivity index (χ1n) is 6.02. The Bertz CT molecular complexity index is 482. The van der Waals surface area contributed by atoms with Crippen LogP contribution >= 0.6 is 11.6 Å². The van der Waals surface area contributed by atoms with Crippen LogP contribution in [0.1, 0.15) is 36.8 Å². The van der Waals surface area contributed by atoms with E-state index in [2.05, 4.69) is 0 Å². The zero-order chi connectivity index (χ0) is 14.3. The van der Waals surface area contributed by atoms with E-state index < -0.39 is 17.3 Å². The van der Waals surface area contributed by atoms with Crippen LogP contribution in [-0.4, -0.2) is 7.11 Å². The molecular weight excluding hydrogens is 279 g/mol. The molecule has 1 fully saturated rings. The molecule has 1 aromatic carbocycles. The first-order chi connectivity index (χ1) is 8.78. The Balaban J connectivity index is 2.61. The summed E-state index contributed by atoms with van der Waals surface area (Å²) in [6.45, 7) is 0. The van der Waals surface area contributed by atoms with Gasteiger partial charge in [-0.3, -0.25) is 0 Å². The van der Waals surface area contributed by atoms with Gasteiger partial charge in [0, 0.05) is 5.54 Å². The molecule has 1 aliphatic rings. The van der Waals surface area contributed by atoms with Crippen LogP contribution in [0.4, 0.5) is 13.2 Å². The lowest BCUT2D eigenvalue weighted by molar-refractivity contribution is -0.138. The monoisotopic (exact) mass is 293 g/mol. The molecule has 0 aromatic heterocycles. The predicted molar refractivity (Wildman–Crippen MR) is 67.3 cm³/mol. The van der Waals surface area contributed by atoms with Crippen LogP contribution in [0.15, 0.2) is 12.1 Å². The molecule has 2 nitrogen and oxygen atoms in total. The number of halogens is 4. The van der Waals surface area contributed by atoms with Gasteiger partial charge >= 0.3 is 6.18 Å². The molecule has 6 heteroatoms. The number of hydrogen-bond acceptors (Lipinski definition) is 2. The van der Waals surface area contributed by atoms with Crippen molar-refractivity contribution in [1.82, 2.24) is 0 Å². The van der Waals surface area contributed by atoms with E-state index in [0.717, 1.165) is 18.9 Å². The first-order valence-corrected chi connectivity index (χ1v) is 6.40. The fourth-order valence-corrected chi connectivity index (χ4v) is 2.87. The van der Waals surface area contributed by atoms with Crippen LogP contribution in [0.3, 0.4) is 0 Å². The van der Waals surface area contributed by atoms with Gasteiger partial charge in [-0.1, -0.05) is 24.4 Å². The van der Waals surface area contributed by atoms with Gasteiger partial charge in [0.05, 0.1) is 17.7 Å². The lowest BCUT2D eigenvalue weighted by Gasteiger charge is -2.28. The highest BCUT2D eigenvalue weighted by atomic mass is 35.5. The molecule has 1 aromatic rings. The fraction of sp³-hybridized carbons (Fsp3) is 0.538. The van der Waals surface area contributed by atoms with Crippen LogP contribution in [0.25, 0.3) is 0 Å². The highest BCUT2D eigenvalue weighted by Crippen LogP contribution is 2.45. The minimum atomic E-state index is -4.47. The summed E-state index contributed by atoms with van der Waals surface area (Å²) in [5.41, 5.74) is 4.52. The molecule has 0 bridgehead atoms. The number of benzene rings is 1. The normalized spacial score (nSPS) is 18.6. The average molecular weight is 294 g/mol. The number of rotatable bonds is 2. The maximum atomic E-state index is 13.2. The first kappa shape index (κ1) is 14.5. The minimum absolute atomic E-state index is 0.0133. The summed E-state index contributed by atoms with van der Waals surface area (Å²) in [6, 6.07) is 2.24. The molecule has 19 heavy (non-hydrogen) atoms. The Labute approximate surface area is 114 Å². The van der Waals surface area contributed by atoms with Crippen molar-refractivity contribution in [3.63, 3.8) is 0 Å². The Morgan fingerprint density at radius 2 is 1.84 bits per heavy atom. The molecule has 1 saturated carbocycles. The van der Waals surface area contributed by atoms with E-state index in [1.165, 1.54) is 13.2 Å². The van der Waals surface area contributed by atoms with Crippen LogP contribution < -0.4 is 10.5 Å². The second kappa shape index (κ2) is 4.87. The summed E-state index contributed by atoms with van der Waals surface area (Å²) in [6.07, 6.45) is -1.73. The van der Waals surface area contributed by atoms with Crippen molar-refractivity contribution < 1.29 is 17.9 Å². The molecule has 0 atom stereocenters. The van der Waals surface area contributed by atoms with Crippen molar-refractivity contribution in [1.29, 1.82) is 0 Å². The quantitative estimate of drug-likeness (QED) is 0.891. The van der Waals surface area contributed by atoms with E-state index in [4.69, 9.17) is 22.1 Å². The molecule has 0 amide bonds. The predicted octanol–water partition coefficient (Wildman–Crippen LogP) is 4.10. The van der Waals surface area contributed by atoms with E-state index in [1.54, 1.807) is 0 Å². The zero-order valence-corrected chi connectivity index (χ0v) is 11.2. The zero-order valence-electron chi connectivity index (χ0n) is 10.5. The van der Waals surface area contributed by atoms with Gasteiger partial charge in [-0.25, -0.2) is 0 Å². The summed E-state index contributed by atoms with van der Waals surface area (Å²) in [4.78, 5) is 0. The number of alkyl halides is 3. The molecule has 2 rings (SSSR count). The van der Waals surface area contributed by atoms with Crippen LogP contribution in [0.2, 0.25) is 5.02 Å². The second-order valence-electron chi connectivity index (χ2n) is 4.89. The lowest BCUT2D eigenvalue weighted by Crippen LogP contribution is -2.35. The Kier molecular flexibility index (Phi) is 3.71. The Morgan fingerprint density at radius 1 is 1.26 bits per heavy atom. The number of nitrogens with two attached hydrogens (primary N) is 1. The molecule has 0 saturated heterocycles. The third kappa shape index (κ3) is 2.67. The van der Waals surface area contributed by atoms with E-state index in [1.807, 2.05) is 0 Å². The number of ether oxygens (including phenoxy) is 1. The Morgan fingerprint density at radius 3 is 2.32 bits per heavy atom. The third-order valence-corrected chi connectivity index (χ3v) is 3.92. The SMILES string of the molecule is COc1cc(C(F)(F)F)c(C2(N)CCCC2)cc1Cl. The van der Waals surface area contributed by atoms with Gasteiger partial charge in [0.1, 0.15) is 5.75 Å². The van der Waals surface area contributed by atoms with Crippen molar-refractivity contribution in [2.24, 2.45) is 5.73 Å². The molecule has 0 unspecified atom stereocenters. The number of methoxy groups -OCH3 is 1. The lowest BCUT2D eigenvalue weighted by atomic mass is 9.85. The van der Waals surface area contributed by atoms with Gasteiger partial charge in [-0.15, -0.1) is 0 Å². The van der Waals surface area contributed by atoms with Crippen LogP contribution in [0.5, 0.6) is 5.75 Å². The van der Waals surface area contributed by atoms with E-state index in [0.29, 0.717) is 12.8 Å². The van der Waals surface area contributed by atoms with Crippen LogP contribution in [0, 0.1) is 0 Å². The van der Waals surface area contributed by atoms with Gasteiger partial charge in [0.25, 0.3) is 0 Å². The average Bonchev–Trinajstić information content (AvgIpc) is 2.75. The third-order valence-electron chi connectivity index (χ3n) is 3.63. The van der Waals surface area contributed by atoms with Crippen molar-refractivity contribution in [2.45, 2.75) is 37.4 Å². The van der Waals surface area contributed by atoms with Gasteiger partial charge < -0.3 is 10.5 Å². The maximum Gasteiger partial charge on any atom is 0.416 e. The number of hydrogen-bond donors (Lipinski definition) is 1. The second-order valence-corrected chi connectivity index (χ2v) is 5.30. The summed E-state index contributed by atoms with van der Waals surface area (Å²) < 4.78 is 44.4. The topological polar surface area (TPSA) is 35.2 Å². The molecule has 0 radical (unpaired) electrons. The minimum Gasteiger partial charge on any atom is -0.495 e. The highest BCUT2D eigenvalue weighted by Gasteiger charge is 2.42. The van der Waals surface area contributed by atoms with Crippen LogP contribution in [-0.2, 0) is 11.7 Å². The van der Waals surface area contributed by atoms with E-state index in [9.17, 15) is 13.2 Å². The van der Waals surface area contributed by atoms with Gasteiger partial charge in [0.2, 0.25) is 0 Å². The van der Waals surface area contributed by atoms with Crippen molar-refractivity contribution >= 4 is 11.6 Å². The maximum absolute atomic E-state index is 13.2. The highest BCUT2D eigenvalue weighted by molar-refractivity contribution is 6.32. The molecule has 106 valence electrons. The molecule has 2 N–H and O–H groups in total. The summed E-state index contributed by atoms with van der Waals surface area (Å²) in [5, 5.41) is 0.155. The fourth-order valence-electron chi connectivity index (χ4n) is 2.63. The molecule has 1 aliphatic carbocycles. The molecule has 0 spiro atoms. The molecule has 0 heterocycles. The Hall–Kier alpha value is -0.940. The summed E-state index contributed by atoms with van der Waals surface area (Å²) >= 11 is 5.94. The largest absolute Gasteiger partial charge is 0.495 e. The smallest absolute Gasteiger partial charge is 0.416 e. The van der Waals surface area contributed by atoms with Gasteiger partial charge in [-0.2, -0.15) is 13.2 Å². The molecular formula is C13H15ClF3NO. The van der Waals surface area contributed by atoms with Gasteiger partial charge in [0.15, 0.2) is 0 Å². The molecule has 0 aliphatic heterocycles. The van der Waals surface area contributed by atoms with Gasteiger partial charge in [-0.05, 0) is 30.5 Å². The standard InChI is InChI=1S/C13H15ClF3NO/c1-19-11-7-9(13(15,16)17)8(6-10(11)14)12(18)4-2-3-5-12/h6-7H,2-5,18H2,1H3. The van der Waals surface area contributed by atoms with Crippen molar-refractivity contribution in [2.75, 3.05) is 7.11 Å².